The normalized spacial score (nSPS) is 9.93. The molecule has 3 N–H and O–H groups in total. The Bertz CT molecular complexity index is 471. The molecule has 76 valence electrons. The molecule has 1 heterocycles. The Balaban J connectivity index is 2.26. The van der Waals surface area contributed by atoms with Crippen molar-refractivity contribution in [2.75, 3.05) is 11.1 Å². The van der Waals surface area contributed by atoms with Gasteiger partial charge in [-0.1, -0.05) is 12.1 Å². The maximum Gasteiger partial charge on any atom is 0.146 e. The summed E-state index contributed by atoms with van der Waals surface area (Å²) >= 11 is 0. The van der Waals surface area contributed by atoms with Crippen LogP contribution in [0.4, 0.5) is 21.6 Å². The molecular formula is C11H10FN3. The van der Waals surface area contributed by atoms with Crippen LogP contribution in [0.2, 0.25) is 0 Å². The molecule has 0 amide bonds. The number of hydrogen-bond acceptors (Lipinski definition) is 3. The van der Waals surface area contributed by atoms with E-state index in [0.29, 0.717) is 17.2 Å². The average molecular weight is 203 g/mol. The Kier molecular flexibility index (Phi) is 2.49. The van der Waals surface area contributed by atoms with Gasteiger partial charge in [-0.15, -0.1) is 0 Å². The molecule has 2 rings (SSSR count). The summed E-state index contributed by atoms with van der Waals surface area (Å²) in [5.74, 6) is 0.101. The molecule has 0 spiro atoms. The number of para-hydroxylation sites is 1. The number of aromatic nitrogens is 1. The molecule has 15 heavy (non-hydrogen) atoms. The second-order valence-corrected chi connectivity index (χ2v) is 3.07. The third-order valence-corrected chi connectivity index (χ3v) is 1.93. The predicted octanol–water partition coefficient (Wildman–Crippen LogP) is 2.55. The summed E-state index contributed by atoms with van der Waals surface area (Å²) in [6.45, 7) is 0. The molecule has 0 unspecified atom stereocenters. The number of anilines is 3. The number of hydrogen-bond donors (Lipinski definition) is 2. The molecule has 4 heteroatoms. The van der Waals surface area contributed by atoms with Crippen molar-refractivity contribution in [1.29, 1.82) is 0 Å². The molecule has 0 fully saturated rings. The summed E-state index contributed by atoms with van der Waals surface area (Å²) in [4.78, 5) is 3.85. The number of halogens is 1. The number of nitrogens with zero attached hydrogens (tertiary/aromatic N) is 1. The van der Waals surface area contributed by atoms with Gasteiger partial charge in [-0.25, -0.2) is 9.37 Å². The molecule has 0 radical (unpaired) electrons. The predicted molar refractivity (Wildman–Crippen MR) is 58.3 cm³/mol. The zero-order valence-corrected chi connectivity index (χ0v) is 7.94. The fourth-order valence-corrected chi connectivity index (χ4v) is 1.24. The highest BCUT2D eigenvalue weighted by Crippen LogP contribution is 2.19. The Labute approximate surface area is 86.8 Å². The number of nitrogens with one attached hydrogen (secondary N) is 1. The van der Waals surface area contributed by atoms with Crippen molar-refractivity contribution in [3.8, 4) is 0 Å². The van der Waals surface area contributed by atoms with Gasteiger partial charge in [0.25, 0.3) is 0 Å². The summed E-state index contributed by atoms with van der Waals surface area (Å²) in [6, 6.07) is 9.82. The summed E-state index contributed by atoms with van der Waals surface area (Å²) in [7, 11) is 0. The van der Waals surface area contributed by atoms with Gasteiger partial charge in [0.1, 0.15) is 11.6 Å². The Morgan fingerprint density at radius 3 is 2.73 bits per heavy atom. The van der Waals surface area contributed by atoms with Crippen LogP contribution in [0.25, 0.3) is 0 Å². The van der Waals surface area contributed by atoms with E-state index in [1.54, 1.807) is 36.5 Å². The first-order valence-electron chi connectivity index (χ1n) is 4.49. The lowest BCUT2D eigenvalue weighted by Crippen LogP contribution is -1.95. The first-order chi connectivity index (χ1) is 7.25. The van der Waals surface area contributed by atoms with E-state index in [1.165, 1.54) is 6.07 Å². The molecule has 1 aromatic heterocycles. The van der Waals surface area contributed by atoms with Crippen molar-refractivity contribution in [1.82, 2.24) is 4.98 Å². The lowest BCUT2D eigenvalue weighted by atomic mass is 10.3. The molecule has 0 aliphatic heterocycles. The van der Waals surface area contributed by atoms with E-state index in [-0.39, 0.29) is 5.82 Å². The highest BCUT2D eigenvalue weighted by atomic mass is 19.1. The quantitative estimate of drug-likeness (QED) is 0.788. The smallest absolute Gasteiger partial charge is 0.146 e. The largest absolute Gasteiger partial charge is 0.384 e. The monoisotopic (exact) mass is 203 g/mol. The van der Waals surface area contributed by atoms with Crippen LogP contribution in [-0.2, 0) is 0 Å². The van der Waals surface area contributed by atoms with Gasteiger partial charge in [0.15, 0.2) is 0 Å². The van der Waals surface area contributed by atoms with Gasteiger partial charge in [0.2, 0.25) is 0 Å². The molecule has 1 aromatic carbocycles. The van der Waals surface area contributed by atoms with Crippen LogP contribution in [0.3, 0.4) is 0 Å². The van der Waals surface area contributed by atoms with Crippen molar-refractivity contribution in [3.05, 3.63) is 48.4 Å². The molecule has 0 saturated carbocycles. The highest BCUT2D eigenvalue weighted by molar-refractivity contribution is 5.61. The van der Waals surface area contributed by atoms with Crippen LogP contribution >= 0.6 is 0 Å². The summed E-state index contributed by atoms with van der Waals surface area (Å²) in [6.07, 6.45) is 1.57. The second kappa shape index (κ2) is 3.96. The lowest BCUT2D eigenvalue weighted by Gasteiger charge is -2.07. The number of nitrogen functional groups attached to an aromatic ring is 1. The summed E-state index contributed by atoms with van der Waals surface area (Å²) in [5, 5.41) is 2.92. The minimum atomic E-state index is -0.298. The number of rotatable bonds is 2. The van der Waals surface area contributed by atoms with E-state index >= 15 is 0 Å². The molecule has 0 aliphatic rings. The Morgan fingerprint density at radius 2 is 2.00 bits per heavy atom. The van der Waals surface area contributed by atoms with Crippen LogP contribution in [0.5, 0.6) is 0 Å². The molecule has 0 bridgehead atoms. The molecule has 0 atom stereocenters. The molecular weight excluding hydrogens is 193 g/mol. The van der Waals surface area contributed by atoms with Gasteiger partial charge in [0.05, 0.1) is 5.69 Å². The fraction of sp³-hybridized carbons (Fsp3) is 0. The van der Waals surface area contributed by atoms with E-state index in [4.69, 9.17) is 5.73 Å². The van der Waals surface area contributed by atoms with Crippen molar-refractivity contribution >= 4 is 17.2 Å². The highest BCUT2D eigenvalue weighted by Gasteiger charge is 2.00. The summed E-state index contributed by atoms with van der Waals surface area (Å²) < 4.78 is 13.3. The molecule has 0 saturated heterocycles. The van der Waals surface area contributed by atoms with Crippen molar-refractivity contribution in [2.45, 2.75) is 0 Å². The van der Waals surface area contributed by atoms with Gasteiger partial charge in [0, 0.05) is 18.0 Å². The van der Waals surface area contributed by atoms with Crippen LogP contribution < -0.4 is 11.1 Å². The van der Waals surface area contributed by atoms with Gasteiger partial charge >= 0.3 is 0 Å². The van der Waals surface area contributed by atoms with Crippen LogP contribution in [0.15, 0.2) is 42.6 Å². The lowest BCUT2D eigenvalue weighted by molar-refractivity contribution is 0.632. The van der Waals surface area contributed by atoms with Gasteiger partial charge < -0.3 is 11.1 Å². The SMILES string of the molecule is Nc1cc(Nc2ccccc2F)ccn1. The molecule has 0 aliphatic carbocycles. The van der Waals surface area contributed by atoms with Gasteiger partial charge in [-0.05, 0) is 18.2 Å². The zero-order chi connectivity index (χ0) is 10.7. The first kappa shape index (κ1) is 9.45. The van der Waals surface area contributed by atoms with Crippen LogP contribution in [0.1, 0.15) is 0 Å². The van der Waals surface area contributed by atoms with Gasteiger partial charge in [-0.2, -0.15) is 0 Å². The van der Waals surface area contributed by atoms with E-state index < -0.39 is 0 Å². The van der Waals surface area contributed by atoms with Crippen LogP contribution in [0, 0.1) is 5.82 Å². The number of pyridine rings is 1. The maximum atomic E-state index is 13.3. The van der Waals surface area contributed by atoms with E-state index in [9.17, 15) is 4.39 Å². The third kappa shape index (κ3) is 2.22. The Morgan fingerprint density at radius 1 is 1.20 bits per heavy atom. The summed E-state index contributed by atoms with van der Waals surface area (Å²) in [5.41, 5.74) is 6.64. The van der Waals surface area contributed by atoms with Crippen LogP contribution in [-0.4, -0.2) is 4.98 Å². The first-order valence-corrected chi connectivity index (χ1v) is 4.49. The fourth-order valence-electron chi connectivity index (χ4n) is 1.24. The zero-order valence-electron chi connectivity index (χ0n) is 7.94. The average Bonchev–Trinajstić information content (AvgIpc) is 2.22. The minimum absolute atomic E-state index is 0.298. The minimum Gasteiger partial charge on any atom is -0.384 e. The standard InChI is InChI=1S/C11H10FN3/c12-9-3-1-2-4-10(9)15-8-5-6-14-11(13)7-8/h1-7H,(H3,13,14,15). The van der Waals surface area contributed by atoms with Gasteiger partial charge in [-0.3, -0.25) is 0 Å². The topological polar surface area (TPSA) is 50.9 Å². The van der Waals surface area contributed by atoms with E-state index in [2.05, 4.69) is 10.3 Å². The van der Waals surface area contributed by atoms with E-state index in [1.807, 2.05) is 0 Å². The van der Waals surface area contributed by atoms with Crippen molar-refractivity contribution < 1.29 is 4.39 Å². The number of benzene rings is 1. The molecule has 3 nitrogen and oxygen atoms in total. The van der Waals surface area contributed by atoms with Crippen molar-refractivity contribution in [3.63, 3.8) is 0 Å². The second-order valence-electron chi connectivity index (χ2n) is 3.07. The maximum absolute atomic E-state index is 13.3. The third-order valence-electron chi connectivity index (χ3n) is 1.93. The molecule has 2 aromatic rings. The van der Waals surface area contributed by atoms with Crippen molar-refractivity contribution in [2.24, 2.45) is 0 Å². The Hall–Kier alpha value is -2.10. The van der Waals surface area contributed by atoms with E-state index in [0.717, 1.165) is 0 Å². The number of nitrogens with two attached hydrogens (primary N) is 1.